The zero-order chi connectivity index (χ0) is 18.2. The number of hydrogen-bond donors (Lipinski definition) is 2. The number of hydrogen-bond acceptors (Lipinski definition) is 2. The number of fused-ring (bicyclic) bond motifs is 1. The van der Waals surface area contributed by atoms with Crippen molar-refractivity contribution in [3.63, 3.8) is 0 Å². The summed E-state index contributed by atoms with van der Waals surface area (Å²) in [4.78, 5) is 12.4. The first-order valence-electron chi connectivity index (χ1n) is 10.3. The van der Waals surface area contributed by atoms with Crippen LogP contribution in [0.2, 0.25) is 0 Å². The molecule has 0 unspecified atom stereocenters. The van der Waals surface area contributed by atoms with Crippen LogP contribution in [0.1, 0.15) is 51.9 Å². The molecule has 0 aliphatic heterocycles. The van der Waals surface area contributed by atoms with Crippen LogP contribution in [0.5, 0.6) is 0 Å². The molecule has 0 radical (unpaired) electrons. The summed E-state index contributed by atoms with van der Waals surface area (Å²) >= 11 is 0. The summed E-state index contributed by atoms with van der Waals surface area (Å²) in [7, 11) is 0. The van der Waals surface area contributed by atoms with E-state index in [1.807, 2.05) is 0 Å². The fraction of sp³-hybridized carbons (Fsp3) is 0.522. The molecule has 0 saturated heterocycles. The molecule has 26 heavy (non-hydrogen) atoms. The van der Waals surface area contributed by atoms with Gasteiger partial charge in [0.15, 0.2) is 0 Å². The Kier molecular flexibility index (Phi) is 6.93. The van der Waals surface area contributed by atoms with Gasteiger partial charge in [-0.15, -0.1) is 0 Å². The van der Waals surface area contributed by atoms with Crippen molar-refractivity contribution in [3.05, 3.63) is 42.5 Å². The molecule has 1 aliphatic rings. The minimum atomic E-state index is 0.227. The maximum Gasteiger partial charge on any atom is 0.223 e. The predicted octanol–water partition coefficient (Wildman–Crippen LogP) is 5.36. The minimum absolute atomic E-state index is 0.227. The maximum atomic E-state index is 12.4. The standard InChI is InChI=1S/C23H32N2O/c1-2-3-7-18-12-14-20(15-13-18)23(26)25-17-16-24-22-11-6-9-19-8-4-5-10-21(19)22/h4-6,8-11,18,20,24H,2-3,7,12-17H2,1H3,(H,25,26). The van der Waals surface area contributed by atoms with E-state index in [4.69, 9.17) is 0 Å². The Balaban J connectivity index is 1.39. The van der Waals surface area contributed by atoms with E-state index in [1.54, 1.807) is 0 Å². The van der Waals surface area contributed by atoms with Gasteiger partial charge >= 0.3 is 0 Å². The Hall–Kier alpha value is -2.03. The van der Waals surface area contributed by atoms with Crippen molar-refractivity contribution >= 4 is 22.4 Å². The third-order valence-electron chi connectivity index (χ3n) is 5.71. The highest BCUT2D eigenvalue weighted by atomic mass is 16.1. The summed E-state index contributed by atoms with van der Waals surface area (Å²) in [6.45, 7) is 3.69. The lowest BCUT2D eigenvalue weighted by Crippen LogP contribution is -2.35. The molecule has 1 fully saturated rings. The highest BCUT2D eigenvalue weighted by molar-refractivity contribution is 5.93. The number of carbonyl (C=O) groups is 1. The fourth-order valence-corrected chi connectivity index (χ4v) is 4.11. The fourth-order valence-electron chi connectivity index (χ4n) is 4.11. The minimum Gasteiger partial charge on any atom is -0.383 e. The van der Waals surface area contributed by atoms with E-state index < -0.39 is 0 Å². The van der Waals surface area contributed by atoms with Crippen molar-refractivity contribution in [3.8, 4) is 0 Å². The average molecular weight is 353 g/mol. The first kappa shape index (κ1) is 18.8. The molecule has 2 aromatic carbocycles. The molecule has 3 heteroatoms. The van der Waals surface area contributed by atoms with Crippen molar-refractivity contribution in [2.24, 2.45) is 11.8 Å². The number of nitrogens with one attached hydrogen (secondary N) is 2. The summed E-state index contributed by atoms with van der Waals surface area (Å²) in [5.74, 6) is 1.33. The summed E-state index contributed by atoms with van der Waals surface area (Å²) in [6, 6.07) is 14.7. The second kappa shape index (κ2) is 9.61. The van der Waals surface area contributed by atoms with E-state index in [1.165, 1.54) is 42.9 Å². The van der Waals surface area contributed by atoms with Gasteiger partial charge in [-0.2, -0.15) is 0 Å². The molecule has 1 saturated carbocycles. The van der Waals surface area contributed by atoms with Crippen molar-refractivity contribution in [2.75, 3.05) is 18.4 Å². The van der Waals surface area contributed by atoms with E-state index >= 15 is 0 Å². The van der Waals surface area contributed by atoms with Gasteiger partial charge in [0.25, 0.3) is 0 Å². The van der Waals surface area contributed by atoms with Gasteiger partial charge in [-0.05, 0) is 43.1 Å². The summed E-state index contributed by atoms with van der Waals surface area (Å²) in [5.41, 5.74) is 1.13. The third kappa shape index (κ3) is 5.00. The zero-order valence-electron chi connectivity index (χ0n) is 16.0. The number of amides is 1. The average Bonchev–Trinajstić information content (AvgIpc) is 2.70. The largest absolute Gasteiger partial charge is 0.383 e. The van der Waals surface area contributed by atoms with Gasteiger partial charge in [0.05, 0.1) is 0 Å². The van der Waals surface area contributed by atoms with Crippen molar-refractivity contribution in [2.45, 2.75) is 51.9 Å². The van der Waals surface area contributed by atoms with Gasteiger partial charge in [0.1, 0.15) is 0 Å². The van der Waals surface area contributed by atoms with Gasteiger partial charge < -0.3 is 10.6 Å². The SMILES string of the molecule is CCCCC1CCC(C(=O)NCCNc2cccc3ccccc23)CC1. The van der Waals surface area contributed by atoms with Crippen molar-refractivity contribution in [1.82, 2.24) is 5.32 Å². The molecular weight excluding hydrogens is 320 g/mol. The van der Waals surface area contributed by atoms with E-state index in [2.05, 4.69) is 60.0 Å². The van der Waals surface area contributed by atoms with Gasteiger partial charge in [-0.25, -0.2) is 0 Å². The molecule has 2 N–H and O–H groups in total. The Morgan fingerprint density at radius 1 is 1.00 bits per heavy atom. The number of rotatable bonds is 8. The van der Waals surface area contributed by atoms with E-state index in [-0.39, 0.29) is 11.8 Å². The number of benzene rings is 2. The summed E-state index contributed by atoms with van der Waals surface area (Å²) in [6.07, 6.45) is 8.55. The first-order valence-corrected chi connectivity index (χ1v) is 10.3. The van der Waals surface area contributed by atoms with Crippen LogP contribution in [0, 0.1) is 11.8 Å². The number of anilines is 1. The molecule has 1 aliphatic carbocycles. The lowest BCUT2D eigenvalue weighted by molar-refractivity contribution is -0.126. The molecule has 140 valence electrons. The summed E-state index contributed by atoms with van der Waals surface area (Å²) in [5, 5.41) is 9.05. The van der Waals surface area contributed by atoms with Crippen LogP contribution in [-0.4, -0.2) is 19.0 Å². The predicted molar refractivity (Wildman–Crippen MR) is 110 cm³/mol. The lowest BCUT2D eigenvalue weighted by atomic mass is 9.79. The Morgan fingerprint density at radius 2 is 1.77 bits per heavy atom. The monoisotopic (exact) mass is 352 g/mol. The second-order valence-electron chi connectivity index (χ2n) is 7.60. The van der Waals surface area contributed by atoms with Crippen LogP contribution >= 0.6 is 0 Å². The van der Waals surface area contributed by atoms with Crippen LogP contribution in [0.15, 0.2) is 42.5 Å². The lowest BCUT2D eigenvalue weighted by Gasteiger charge is -2.27. The summed E-state index contributed by atoms with van der Waals surface area (Å²) < 4.78 is 0. The Labute approximate surface area is 157 Å². The molecule has 3 nitrogen and oxygen atoms in total. The topological polar surface area (TPSA) is 41.1 Å². The zero-order valence-corrected chi connectivity index (χ0v) is 16.0. The van der Waals surface area contributed by atoms with E-state index in [0.717, 1.165) is 31.0 Å². The molecule has 0 heterocycles. The van der Waals surface area contributed by atoms with Crippen LogP contribution in [-0.2, 0) is 4.79 Å². The highest BCUT2D eigenvalue weighted by Crippen LogP contribution is 2.32. The molecule has 0 aromatic heterocycles. The van der Waals surface area contributed by atoms with Gasteiger partial charge in [-0.3, -0.25) is 4.79 Å². The van der Waals surface area contributed by atoms with E-state index in [0.29, 0.717) is 6.54 Å². The van der Waals surface area contributed by atoms with Gasteiger partial charge in [-0.1, -0.05) is 62.6 Å². The van der Waals surface area contributed by atoms with Gasteiger partial charge in [0, 0.05) is 30.1 Å². The Bertz CT molecular complexity index is 699. The van der Waals surface area contributed by atoms with E-state index in [9.17, 15) is 4.79 Å². The van der Waals surface area contributed by atoms with Crippen LogP contribution in [0.3, 0.4) is 0 Å². The number of carbonyl (C=O) groups excluding carboxylic acids is 1. The molecule has 1 amide bonds. The number of unbranched alkanes of at least 4 members (excludes halogenated alkanes) is 1. The Morgan fingerprint density at radius 3 is 2.58 bits per heavy atom. The van der Waals surface area contributed by atoms with Crippen LogP contribution in [0.4, 0.5) is 5.69 Å². The second-order valence-corrected chi connectivity index (χ2v) is 7.60. The molecule has 3 rings (SSSR count). The van der Waals surface area contributed by atoms with Crippen LogP contribution < -0.4 is 10.6 Å². The smallest absolute Gasteiger partial charge is 0.223 e. The quantitative estimate of drug-likeness (QED) is 0.628. The third-order valence-corrected chi connectivity index (χ3v) is 5.71. The maximum absolute atomic E-state index is 12.4. The molecule has 0 bridgehead atoms. The van der Waals surface area contributed by atoms with Gasteiger partial charge in [0.2, 0.25) is 5.91 Å². The van der Waals surface area contributed by atoms with Crippen molar-refractivity contribution in [1.29, 1.82) is 0 Å². The molecule has 2 aromatic rings. The molecule has 0 atom stereocenters. The normalized spacial score (nSPS) is 20.0. The molecular formula is C23H32N2O. The first-order chi connectivity index (χ1) is 12.8. The molecule has 0 spiro atoms. The van der Waals surface area contributed by atoms with Crippen molar-refractivity contribution < 1.29 is 4.79 Å². The highest BCUT2D eigenvalue weighted by Gasteiger charge is 2.25. The van der Waals surface area contributed by atoms with Crippen LogP contribution in [0.25, 0.3) is 10.8 Å².